The lowest BCUT2D eigenvalue weighted by molar-refractivity contribution is 0.639. The fraction of sp³-hybridized carbons (Fsp3) is 0.500. The van der Waals surface area contributed by atoms with E-state index in [2.05, 4.69) is 25.8 Å². The van der Waals surface area contributed by atoms with Gasteiger partial charge in [-0.15, -0.1) is 0 Å². The number of rotatable bonds is 3. The maximum Gasteiger partial charge on any atom is 0.226 e. The quantitative estimate of drug-likeness (QED) is 0.825. The summed E-state index contributed by atoms with van der Waals surface area (Å²) in [7, 11) is 3.92. The minimum absolute atomic E-state index is 0.705. The van der Waals surface area contributed by atoms with Gasteiger partial charge in [-0.1, -0.05) is 0 Å². The maximum absolute atomic E-state index is 9.57. The molecule has 7 heteroatoms. The van der Waals surface area contributed by atoms with Crippen molar-refractivity contribution in [3.8, 4) is 6.07 Å². The van der Waals surface area contributed by atoms with Crippen LogP contribution in [0, 0.1) is 18.3 Å². The first-order valence-electron chi connectivity index (χ1n) is 9.51. The highest BCUT2D eigenvalue weighted by Crippen LogP contribution is 2.28. The summed E-state index contributed by atoms with van der Waals surface area (Å²) in [6.45, 7) is 5.38. The van der Waals surface area contributed by atoms with Gasteiger partial charge >= 0.3 is 0 Å². The fourth-order valence-electron chi connectivity index (χ4n) is 3.83. The van der Waals surface area contributed by atoms with Crippen LogP contribution in [-0.2, 0) is 12.8 Å². The lowest BCUT2D eigenvalue weighted by atomic mass is 10.1. The second-order valence-electron chi connectivity index (χ2n) is 7.47. The van der Waals surface area contributed by atoms with Gasteiger partial charge in [0, 0.05) is 57.7 Å². The number of piperazine rings is 1. The van der Waals surface area contributed by atoms with Crippen LogP contribution in [0.3, 0.4) is 0 Å². The van der Waals surface area contributed by atoms with Gasteiger partial charge in [0.05, 0.1) is 5.56 Å². The molecule has 1 aliphatic heterocycles. The number of aromatic nitrogens is 3. The van der Waals surface area contributed by atoms with Crippen LogP contribution in [0.15, 0.2) is 12.1 Å². The summed E-state index contributed by atoms with van der Waals surface area (Å²) in [4.78, 5) is 20.5. The van der Waals surface area contributed by atoms with Gasteiger partial charge in [-0.25, -0.2) is 9.97 Å². The van der Waals surface area contributed by atoms with E-state index in [4.69, 9.17) is 4.98 Å². The molecule has 0 N–H and O–H groups in total. The first-order valence-corrected chi connectivity index (χ1v) is 9.51. The molecule has 4 rings (SSSR count). The van der Waals surface area contributed by atoms with Crippen molar-refractivity contribution >= 4 is 17.6 Å². The molecule has 2 aromatic heterocycles. The molecule has 7 nitrogen and oxygen atoms in total. The van der Waals surface area contributed by atoms with Crippen LogP contribution in [0.2, 0.25) is 0 Å². The summed E-state index contributed by atoms with van der Waals surface area (Å²) in [5, 5.41) is 9.57. The average molecular weight is 363 g/mol. The van der Waals surface area contributed by atoms with E-state index in [9.17, 15) is 5.26 Å². The Balaban J connectivity index is 1.53. The van der Waals surface area contributed by atoms with E-state index in [1.165, 1.54) is 11.3 Å². The molecule has 0 bridgehead atoms. The molecule has 0 unspecified atom stereocenters. The van der Waals surface area contributed by atoms with Gasteiger partial charge in [-0.05, 0) is 37.8 Å². The summed E-state index contributed by atoms with van der Waals surface area (Å²) >= 11 is 0. The van der Waals surface area contributed by atoms with Gasteiger partial charge in [0.15, 0.2) is 0 Å². The molecule has 0 atom stereocenters. The number of hydrogen-bond acceptors (Lipinski definition) is 7. The van der Waals surface area contributed by atoms with Crippen LogP contribution >= 0.6 is 0 Å². The van der Waals surface area contributed by atoms with Crippen molar-refractivity contribution in [3.63, 3.8) is 0 Å². The molecule has 0 spiro atoms. The summed E-state index contributed by atoms with van der Waals surface area (Å²) in [6, 6.07) is 6.44. The molecule has 0 amide bonds. The molecule has 0 saturated carbocycles. The van der Waals surface area contributed by atoms with Crippen LogP contribution in [0.4, 0.5) is 17.6 Å². The van der Waals surface area contributed by atoms with Gasteiger partial charge in [0.25, 0.3) is 0 Å². The highest BCUT2D eigenvalue weighted by Gasteiger charge is 2.24. The van der Waals surface area contributed by atoms with Crippen molar-refractivity contribution in [2.45, 2.75) is 26.2 Å². The third kappa shape index (κ3) is 3.39. The Hall–Kier alpha value is -2.88. The second kappa shape index (κ2) is 7.03. The second-order valence-corrected chi connectivity index (χ2v) is 7.47. The van der Waals surface area contributed by atoms with E-state index >= 15 is 0 Å². The lowest BCUT2D eigenvalue weighted by Crippen LogP contribution is -2.47. The Morgan fingerprint density at radius 2 is 1.74 bits per heavy atom. The standard InChI is InChI=1S/C20H25N7/c1-14-11-18(24-20(22-14)25(2)3)26-7-9-27(10-8-26)19-16(13-21)12-15-5-4-6-17(15)23-19/h11-12H,4-10H2,1-3H3. The molecule has 0 aromatic carbocycles. The molecule has 1 aliphatic carbocycles. The van der Waals surface area contributed by atoms with E-state index < -0.39 is 0 Å². The predicted molar refractivity (Wildman–Crippen MR) is 106 cm³/mol. The normalized spacial score (nSPS) is 16.2. The molecule has 27 heavy (non-hydrogen) atoms. The van der Waals surface area contributed by atoms with Gasteiger partial charge in [0.1, 0.15) is 17.7 Å². The minimum atomic E-state index is 0.705. The Morgan fingerprint density at radius 3 is 2.44 bits per heavy atom. The van der Waals surface area contributed by atoms with Crippen LogP contribution < -0.4 is 14.7 Å². The number of nitrogens with zero attached hydrogens (tertiary/aromatic N) is 7. The van der Waals surface area contributed by atoms with Crippen molar-refractivity contribution < 1.29 is 0 Å². The minimum Gasteiger partial charge on any atom is -0.353 e. The molecule has 2 aromatic rings. The molecule has 1 fully saturated rings. The highest BCUT2D eigenvalue weighted by atomic mass is 15.3. The number of anilines is 3. The van der Waals surface area contributed by atoms with E-state index in [1.54, 1.807) is 0 Å². The monoisotopic (exact) mass is 363 g/mol. The van der Waals surface area contributed by atoms with E-state index in [-0.39, 0.29) is 0 Å². The molecule has 0 radical (unpaired) electrons. The average Bonchev–Trinajstić information content (AvgIpc) is 3.14. The summed E-state index contributed by atoms with van der Waals surface area (Å²) in [5.74, 6) is 2.55. The first kappa shape index (κ1) is 17.5. The van der Waals surface area contributed by atoms with Crippen molar-refractivity contribution in [2.24, 2.45) is 0 Å². The molecular weight excluding hydrogens is 338 g/mol. The van der Waals surface area contributed by atoms with Crippen molar-refractivity contribution in [1.29, 1.82) is 5.26 Å². The number of fused-ring (bicyclic) bond motifs is 1. The van der Waals surface area contributed by atoms with Crippen LogP contribution in [-0.4, -0.2) is 55.2 Å². The Bertz CT molecular complexity index is 892. The van der Waals surface area contributed by atoms with Crippen molar-refractivity contribution in [3.05, 3.63) is 34.6 Å². The van der Waals surface area contributed by atoms with E-state index in [0.717, 1.165) is 68.7 Å². The van der Waals surface area contributed by atoms with Gasteiger partial charge in [0.2, 0.25) is 5.95 Å². The molecule has 3 heterocycles. The van der Waals surface area contributed by atoms with Crippen molar-refractivity contribution in [2.75, 3.05) is 55.0 Å². The van der Waals surface area contributed by atoms with Crippen LogP contribution in [0.25, 0.3) is 0 Å². The fourth-order valence-corrected chi connectivity index (χ4v) is 3.83. The highest BCUT2D eigenvalue weighted by molar-refractivity contribution is 5.58. The van der Waals surface area contributed by atoms with Gasteiger partial charge < -0.3 is 14.7 Å². The Labute approximate surface area is 160 Å². The third-order valence-electron chi connectivity index (χ3n) is 5.28. The SMILES string of the molecule is Cc1cc(N2CCN(c3nc4c(cc3C#N)CCC4)CC2)nc(N(C)C)n1. The van der Waals surface area contributed by atoms with Gasteiger partial charge in [-0.3, -0.25) is 0 Å². The summed E-state index contributed by atoms with van der Waals surface area (Å²) < 4.78 is 0. The summed E-state index contributed by atoms with van der Waals surface area (Å²) in [5.41, 5.74) is 4.10. The van der Waals surface area contributed by atoms with E-state index in [1.807, 2.05) is 38.1 Å². The molecule has 2 aliphatic rings. The number of pyridine rings is 1. The number of hydrogen-bond donors (Lipinski definition) is 0. The van der Waals surface area contributed by atoms with Crippen LogP contribution in [0.5, 0.6) is 0 Å². The number of aryl methyl sites for hydroxylation is 3. The zero-order valence-corrected chi connectivity index (χ0v) is 16.2. The van der Waals surface area contributed by atoms with Gasteiger partial charge in [-0.2, -0.15) is 10.2 Å². The number of nitriles is 1. The molecule has 1 saturated heterocycles. The Kier molecular flexibility index (Phi) is 4.56. The third-order valence-corrected chi connectivity index (χ3v) is 5.28. The molecule has 140 valence electrons. The van der Waals surface area contributed by atoms with Crippen LogP contribution in [0.1, 0.15) is 28.9 Å². The Morgan fingerprint density at radius 1 is 1.00 bits per heavy atom. The zero-order chi connectivity index (χ0) is 19.0. The lowest BCUT2D eigenvalue weighted by Gasteiger charge is -2.36. The topological polar surface area (TPSA) is 72.2 Å². The smallest absolute Gasteiger partial charge is 0.226 e. The maximum atomic E-state index is 9.57. The zero-order valence-electron chi connectivity index (χ0n) is 16.2. The predicted octanol–water partition coefficient (Wildman–Crippen LogP) is 1.93. The van der Waals surface area contributed by atoms with E-state index in [0.29, 0.717) is 5.56 Å². The van der Waals surface area contributed by atoms with Crippen molar-refractivity contribution in [1.82, 2.24) is 15.0 Å². The molecular formula is C20H25N7. The summed E-state index contributed by atoms with van der Waals surface area (Å²) in [6.07, 6.45) is 3.22. The largest absolute Gasteiger partial charge is 0.353 e. The first-order chi connectivity index (χ1) is 13.0.